The Labute approximate surface area is 190 Å². The number of methoxy groups -OCH3 is 2. The van der Waals surface area contributed by atoms with Gasteiger partial charge in [0.25, 0.3) is 5.91 Å². The Bertz CT molecular complexity index is 1020. The van der Waals surface area contributed by atoms with Gasteiger partial charge in [-0.25, -0.2) is 4.98 Å². The Morgan fingerprint density at radius 1 is 1.23 bits per heavy atom. The summed E-state index contributed by atoms with van der Waals surface area (Å²) in [7, 11) is 3.25. The molecule has 164 valence electrons. The summed E-state index contributed by atoms with van der Waals surface area (Å²) in [5.74, 6) is 2.20. The van der Waals surface area contributed by atoms with Crippen LogP contribution < -0.4 is 14.4 Å². The number of benzene rings is 2. The molecular weight excluding hydrogens is 432 g/mol. The van der Waals surface area contributed by atoms with E-state index in [1.165, 1.54) is 11.3 Å². The number of carbonyl (C=O) groups is 1. The van der Waals surface area contributed by atoms with Crippen LogP contribution >= 0.6 is 23.1 Å². The van der Waals surface area contributed by atoms with Crippen molar-refractivity contribution in [3.8, 4) is 11.5 Å². The first kappa shape index (κ1) is 21.9. The van der Waals surface area contributed by atoms with Gasteiger partial charge in [-0.15, -0.1) is 11.8 Å². The van der Waals surface area contributed by atoms with E-state index in [1.54, 1.807) is 30.9 Å². The molecule has 0 radical (unpaired) electrons. The molecule has 0 N–H and O–H groups in total. The highest BCUT2D eigenvalue weighted by atomic mass is 32.2. The van der Waals surface area contributed by atoms with Crippen LogP contribution in [0.4, 0.5) is 5.13 Å². The molecule has 0 spiro atoms. The molecule has 1 aliphatic rings. The quantitative estimate of drug-likeness (QED) is 0.430. The number of aromatic nitrogens is 1. The minimum atomic E-state index is -0.0657. The lowest BCUT2D eigenvalue weighted by Gasteiger charge is -2.24. The van der Waals surface area contributed by atoms with E-state index in [2.05, 4.69) is 6.92 Å². The van der Waals surface area contributed by atoms with Gasteiger partial charge in [0.05, 0.1) is 32.4 Å². The second-order valence-corrected chi connectivity index (χ2v) is 9.41. The van der Waals surface area contributed by atoms with Gasteiger partial charge < -0.3 is 14.2 Å². The van der Waals surface area contributed by atoms with E-state index in [0.717, 1.165) is 34.8 Å². The molecule has 3 aromatic rings. The van der Waals surface area contributed by atoms with Crippen LogP contribution in [0.1, 0.15) is 30.1 Å². The molecule has 1 fully saturated rings. The van der Waals surface area contributed by atoms with Crippen LogP contribution in [0, 0.1) is 0 Å². The van der Waals surface area contributed by atoms with Crippen LogP contribution in [0.15, 0.2) is 41.3 Å². The molecule has 2 aromatic carbocycles. The van der Waals surface area contributed by atoms with Gasteiger partial charge in [0.1, 0.15) is 21.7 Å². The van der Waals surface area contributed by atoms with Gasteiger partial charge in [0.2, 0.25) is 0 Å². The first-order valence-electron chi connectivity index (χ1n) is 10.3. The highest BCUT2D eigenvalue weighted by Crippen LogP contribution is 2.41. The molecule has 1 amide bonds. The average molecular weight is 459 g/mol. The number of amides is 1. The Morgan fingerprint density at radius 3 is 2.71 bits per heavy atom. The number of nitrogens with zero attached hydrogens (tertiary/aromatic N) is 2. The summed E-state index contributed by atoms with van der Waals surface area (Å²) >= 11 is 3.11. The molecule has 2 heterocycles. The van der Waals surface area contributed by atoms with Gasteiger partial charge in [-0.3, -0.25) is 9.69 Å². The molecule has 0 saturated carbocycles. The summed E-state index contributed by atoms with van der Waals surface area (Å²) in [6, 6.07) is 11.5. The number of carbonyl (C=O) groups excluding carboxylic acids is 1. The summed E-state index contributed by atoms with van der Waals surface area (Å²) in [6.45, 7) is 3.28. The minimum absolute atomic E-state index is 0.00532. The maximum atomic E-state index is 13.8. The first-order chi connectivity index (χ1) is 15.2. The molecule has 1 aromatic heterocycles. The van der Waals surface area contributed by atoms with Gasteiger partial charge in [0.15, 0.2) is 5.13 Å². The van der Waals surface area contributed by atoms with E-state index in [4.69, 9.17) is 19.2 Å². The number of anilines is 1. The topological polar surface area (TPSA) is 60.9 Å². The Hall–Kier alpha value is -2.29. The molecule has 31 heavy (non-hydrogen) atoms. The molecule has 1 aliphatic heterocycles. The summed E-state index contributed by atoms with van der Waals surface area (Å²) in [5, 5.41) is 0.620. The van der Waals surface area contributed by atoms with Crippen molar-refractivity contribution in [1.29, 1.82) is 0 Å². The minimum Gasteiger partial charge on any atom is -0.495 e. The molecule has 1 atom stereocenters. The molecule has 1 saturated heterocycles. The van der Waals surface area contributed by atoms with Crippen LogP contribution in [0.5, 0.6) is 11.5 Å². The molecule has 1 unspecified atom stereocenters. The maximum absolute atomic E-state index is 13.8. The summed E-state index contributed by atoms with van der Waals surface area (Å²) in [5.41, 5.74) is 1.38. The van der Waals surface area contributed by atoms with Crippen LogP contribution in [-0.4, -0.2) is 50.1 Å². The fourth-order valence-corrected chi connectivity index (χ4v) is 5.58. The lowest BCUT2D eigenvalue weighted by Crippen LogP contribution is -2.37. The first-order valence-corrected chi connectivity index (χ1v) is 12.1. The molecule has 6 nitrogen and oxygen atoms in total. The van der Waals surface area contributed by atoms with Crippen molar-refractivity contribution < 1.29 is 19.0 Å². The zero-order valence-corrected chi connectivity index (χ0v) is 19.6. The third-order valence-corrected chi connectivity index (χ3v) is 7.25. The fourth-order valence-electron chi connectivity index (χ4n) is 3.70. The zero-order chi connectivity index (χ0) is 21.8. The number of ether oxygens (including phenoxy) is 3. The maximum Gasteiger partial charge on any atom is 0.261 e. The van der Waals surface area contributed by atoms with E-state index < -0.39 is 0 Å². The average Bonchev–Trinajstić information content (AvgIpc) is 3.47. The smallest absolute Gasteiger partial charge is 0.261 e. The SMILES string of the molecule is CCSc1ccccc1C(=O)N(CC1CCCO1)c1nc2c(OC)ccc(OC)c2s1. The second kappa shape index (κ2) is 9.89. The molecular formula is C23H26N2O4S2. The van der Waals surface area contributed by atoms with Gasteiger partial charge in [0, 0.05) is 11.5 Å². The van der Waals surface area contributed by atoms with Crippen molar-refractivity contribution in [2.75, 3.05) is 38.0 Å². The van der Waals surface area contributed by atoms with E-state index in [0.29, 0.717) is 34.3 Å². The predicted octanol–water partition coefficient (Wildman–Crippen LogP) is 5.25. The van der Waals surface area contributed by atoms with E-state index in [1.807, 2.05) is 36.4 Å². The van der Waals surface area contributed by atoms with Crippen molar-refractivity contribution in [2.45, 2.75) is 30.8 Å². The predicted molar refractivity (Wildman–Crippen MR) is 126 cm³/mol. The van der Waals surface area contributed by atoms with E-state index in [-0.39, 0.29) is 12.0 Å². The molecule has 0 aliphatic carbocycles. The Kier molecular flexibility index (Phi) is 6.99. The molecule has 0 bridgehead atoms. The molecule has 8 heteroatoms. The zero-order valence-electron chi connectivity index (χ0n) is 17.9. The number of thioether (sulfide) groups is 1. The third-order valence-electron chi connectivity index (χ3n) is 5.20. The number of rotatable bonds is 8. The largest absolute Gasteiger partial charge is 0.495 e. The van der Waals surface area contributed by atoms with Crippen LogP contribution in [0.2, 0.25) is 0 Å². The second-order valence-electron chi connectivity index (χ2n) is 7.12. The summed E-state index contributed by atoms with van der Waals surface area (Å²) in [6.07, 6.45) is 1.95. The Balaban J connectivity index is 1.79. The lowest BCUT2D eigenvalue weighted by molar-refractivity contribution is 0.0915. The standard InChI is InChI=1S/C23H26N2O4S2/c1-4-30-19-10-6-5-9-16(19)22(26)25(14-15-8-7-13-29-15)23-24-20-17(27-2)11-12-18(28-3)21(20)31-23/h5-6,9-12,15H,4,7-8,13-14H2,1-3H3. The van der Waals surface area contributed by atoms with E-state index in [9.17, 15) is 4.79 Å². The number of thiazole rings is 1. The van der Waals surface area contributed by atoms with E-state index >= 15 is 0 Å². The lowest BCUT2D eigenvalue weighted by atomic mass is 10.1. The van der Waals surface area contributed by atoms with Gasteiger partial charge in [-0.2, -0.15) is 0 Å². The van der Waals surface area contributed by atoms with Gasteiger partial charge in [-0.1, -0.05) is 30.4 Å². The molecule has 4 rings (SSSR count). The van der Waals surface area contributed by atoms with Crippen LogP contribution in [0.25, 0.3) is 10.2 Å². The highest BCUT2D eigenvalue weighted by molar-refractivity contribution is 7.99. The van der Waals surface area contributed by atoms with Crippen molar-refractivity contribution in [2.24, 2.45) is 0 Å². The highest BCUT2D eigenvalue weighted by Gasteiger charge is 2.29. The number of hydrogen-bond acceptors (Lipinski definition) is 7. The van der Waals surface area contributed by atoms with Crippen molar-refractivity contribution >= 4 is 44.4 Å². The third kappa shape index (κ3) is 4.51. The summed E-state index contributed by atoms with van der Waals surface area (Å²) in [4.78, 5) is 21.3. The van der Waals surface area contributed by atoms with Gasteiger partial charge in [-0.05, 0) is 42.9 Å². The van der Waals surface area contributed by atoms with Crippen molar-refractivity contribution in [1.82, 2.24) is 4.98 Å². The summed E-state index contributed by atoms with van der Waals surface area (Å²) < 4.78 is 17.8. The number of fused-ring (bicyclic) bond motifs is 1. The number of hydrogen-bond donors (Lipinski definition) is 0. The van der Waals surface area contributed by atoms with Crippen LogP contribution in [-0.2, 0) is 4.74 Å². The van der Waals surface area contributed by atoms with Crippen LogP contribution in [0.3, 0.4) is 0 Å². The van der Waals surface area contributed by atoms with Gasteiger partial charge >= 0.3 is 0 Å². The Morgan fingerprint density at radius 2 is 2.00 bits per heavy atom. The monoisotopic (exact) mass is 458 g/mol. The van der Waals surface area contributed by atoms with Crippen molar-refractivity contribution in [3.05, 3.63) is 42.0 Å². The normalized spacial score (nSPS) is 15.9. The van der Waals surface area contributed by atoms with Crippen molar-refractivity contribution in [3.63, 3.8) is 0 Å². The fraction of sp³-hybridized carbons (Fsp3) is 0.391.